The molecule has 3 aliphatic rings. The summed E-state index contributed by atoms with van der Waals surface area (Å²) in [7, 11) is 0. The summed E-state index contributed by atoms with van der Waals surface area (Å²) < 4.78 is 5.61. The summed E-state index contributed by atoms with van der Waals surface area (Å²) in [6, 6.07) is 7.08. The minimum atomic E-state index is -0.207. The number of rotatable bonds is 0. The zero-order chi connectivity index (χ0) is 12.5. The van der Waals surface area contributed by atoms with Crippen molar-refractivity contribution in [3.8, 4) is 0 Å². The normalized spacial score (nSPS) is 32.8. The van der Waals surface area contributed by atoms with Crippen molar-refractivity contribution in [3.05, 3.63) is 46.5 Å². The lowest BCUT2D eigenvalue weighted by Gasteiger charge is -2.25. The van der Waals surface area contributed by atoms with E-state index in [-0.39, 0.29) is 23.3 Å². The summed E-state index contributed by atoms with van der Waals surface area (Å²) in [6.07, 6.45) is 1.29. The van der Waals surface area contributed by atoms with Crippen LogP contribution in [0.5, 0.6) is 0 Å². The van der Waals surface area contributed by atoms with Gasteiger partial charge in [-0.2, -0.15) is 0 Å². The monoisotopic (exact) mass is 240 g/mol. The second-order valence-electron chi connectivity index (χ2n) is 5.46. The number of fused-ring (bicyclic) bond motifs is 2. The molecule has 18 heavy (non-hydrogen) atoms. The van der Waals surface area contributed by atoms with Crippen molar-refractivity contribution in [1.29, 1.82) is 0 Å². The van der Waals surface area contributed by atoms with E-state index in [0.29, 0.717) is 35.1 Å². The van der Waals surface area contributed by atoms with Gasteiger partial charge < -0.3 is 4.74 Å². The van der Waals surface area contributed by atoms with Crippen LogP contribution in [0.25, 0.3) is 0 Å². The van der Waals surface area contributed by atoms with Crippen LogP contribution in [0.15, 0.2) is 35.4 Å². The van der Waals surface area contributed by atoms with Crippen LogP contribution in [-0.2, 0) is 4.74 Å². The molecule has 1 aliphatic heterocycles. The van der Waals surface area contributed by atoms with E-state index in [1.165, 1.54) is 0 Å². The van der Waals surface area contributed by atoms with Gasteiger partial charge in [-0.25, -0.2) is 0 Å². The fourth-order valence-corrected chi connectivity index (χ4v) is 3.12. The first-order valence-corrected chi connectivity index (χ1v) is 6.18. The fourth-order valence-electron chi connectivity index (χ4n) is 3.12. The number of epoxide rings is 1. The molecule has 1 aromatic carbocycles. The molecule has 0 radical (unpaired) electrons. The minimum absolute atomic E-state index is 0.00961. The maximum absolute atomic E-state index is 12.4. The molecule has 2 aliphatic carbocycles. The number of hydrogen-bond acceptors (Lipinski definition) is 3. The van der Waals surface area contributed by atoms with Gasteiger partial charge in [0, 0.05) is 35.1 Å². The average Bonchev–Trinajstić information content (AvgIpc) is 3.04. The van der Waals surface area contributed by atoms with E-state index in [1.807, 2.05) is 6.92 Å². The molecule has 3 nitrogen and oxygen atoms in total. The minimum Gasteiger partial charge on any atom is -0.366 e. The maximum Gasteiger partial charge on any atom is 0.190 e. The van der Waals surface area contributed by atoms with Crippen molar-refractivity contribution in [1.82, 2.24) is 0 Å². The predicted octanol–water partition coefficient (Wildman–Crippen LogP) is 2.31. The van der Waals surface area contributed by atoms with E-state index in [0.717, 1.165) is 0 Å². The fraction of sp³-hybridized carbons (Fsp3) is 0.333. The quantitative estimate of drug-likeness (QED) is 0.654. The third kappa shape index (κ3) is 1.12. The molecule has 0 saturated carbocycles. The van der Waals surface area contributed by atoms with Crippen LogP contribution in [0.2, 0.25) is 0 Å². The average molecular weight is 240 g/mol. The molecule has 1 saturated heterocycles. The molecule has 1 aromatic rings. The molecule has 0 aromatic heterocycles. The summed E-state index contributed by atoms with van der Waals surface area (Å²) in [5.41, 5.74) is 2.24. The Morgan fingerprint density at radius 2 is 1.72 bits per heavy atom. The highest BCUT2D eigenvalue weighted by molar-refractivity contribution is 6.27. The van der Waals surface area contributed by atoms with Crippen LogP contribution in [0.1, 0.15) is 40.5 Å². The van der Waals surface area contributed by atoms with Crippen LogP contribution in [0.4, 0.5) is 0 Å². The van der Waals surface area contributed by atoms with Crippen molar-refractivity contribution in [2.75, 3.05) is 0 Å². The molecular weight excluding hydrogens is 228 g/mol. The van der Waals surface area contributed by atoms with Crippen molar-refractivity contribution in [2.45, 2.75) is 31.5 Å². The first-order chi connectivity index (χ1) is 8.60. The Kier molecular flexibility index (Phi) is 1.69. The second-order valence-corrected chi connectivity index (χ2v) is 5.46. The first kappa shape index (κ1) is 10.2. The lowest BCUT2D eigenvalue weighted by molar-refractivity contribution is 0.0964. The van der Waals surface area contributed by atoms with Crippen LogP contribution < -0.4 is 0 Å². The number of carbonyl (C=O) groups excluding carboxylic acids is 2. The Bertz CT molecular complexity index is 641. The van der Waals surface area contributed by atoms with Gasteiger partial charge in [-0.3, -0.25) is 9.59 Å². The van der Waals surface area contributed by atoms with Crippen LogP contribution >= 0.6 is 0 Å². The smallest absolute Gasteiger partial charge is 0.190 e. The van der Waals surface area contributed by atoms with Gasteiger partial charge in [0.2, 0.25) is 0 Å². The Hall–Kier alpha value is -1.74. The van der Waals surface area contributed by atoms with Crippen LogP contribution in [-0.4, -0.2) is 23.3 Å². The molecule has 0 N–H and O–H groups in total. The molecule has 4 rings (SSSR count). The largest absolute Gasteiger partial charge is 0.366 e. The van der Waals surface area contributed by atoms with Crippen LogP contribution in [0.3, 0.4) is 0 Å². The van der Waals surface area contributed by atoms with Crippen molar-refractivity contribution < 1.29 is 14.3 Å². The molecule has 1 fully saturated rings. The number of Topliss-reactive ketones (excluding diaryl/α,β-unsaturated/α-hetero) is 2. The number of ether oxygens (including phenoxy) is 1. The van der Waals surface area contributed by atoms with Gasteiger partial charge in [0.1, 0.15) is 0 Å². The van der Waals surface area contributed by atoms with Gasteiger partial charge in [0.25, 0.3) is 0 Å². The third-order valence-corrected chi connectivity index (χ3v) is 4.28. The molecule has 0 spiro atoms. The molecule has 0 amide bonds. The summed E-state index contributed by atoms with van der Waals surface area (Å²) in [5, 5.41) is 0. The van der Waals surface area contributed by atoms with E-state index >= 15 is 0 Å². The SMILES string of the molecule is C[C@]12CC3=C(C[C@@H]1O2)C(=O)c1ccccc1C3=O. The van der Waals surface area contributed by atoms with E-state index in [1.54, 1.807) is 24.3 Å². The Labute approximate surface area is 104 Å². The first-order valence-electron chi connectivity index (χ1n) is 6.18. The highest BCUT2D eigenvalue weighted by Crippen LogP contribution is 2.51. The topological polar surface area (TPSA) is 46.7 Å². The van der Waals surface area contributed by atoms with Crippen molar-refractivity contribution in [2.24, 2.45) is 0 Å². The van der Waals surface area contributed by atoms with Crippen LogP contribution in [0, 0.1) is 0 Å². The summed E-state index contributed by atoms with van der Waals surface area (Å²) in [5.74, 6) is 0.0214. The molecular formula is C15H12O3. The zero-order valence-electron chi connectivity index (χ0n) is 10.0. The highest BCUT2D eigenvalue weighted by Gasteiger charge is 2.57. The summed E-state index contributed by atoms with van der Waals surface area (Å²) >= 11 is 0. The van der Waals surface area contributed by atoms with Gasteiger partial charge in [-0.15, -0.1) is 0 Å². The van der Waals surface area contributed by atoms with Gasteiger partial charge in [0.15, 0.2) is 11.6 Å². The third-order valence-electron chi connectivity index (χ3n) is 4.28. The Morgan fingerprint density at radius 3 is 2.39 bits per heavy atom. The Balaban J connectivity index is 1.90. The predicted molar refractivity (Wildman–Crippen MR) is 64.6 cm³/mol. The number of carbonyl (C=O) groups is 2. The van der Waals surface area contributed by atoms with Gasteiger partial charge in [-0.1, -0.05) is 24.3 Å². The molecule has 2 atom stereocenters. The standard InChI is InChI=1S/C15H12O3/c1-15-7-11-10(6-12(15)18-15)13(16)8-4-2-3-5-9(8)14(11)17/h2-5,12H,6-7H2,1H3/t12-,15-/m0/s1. The number of hydrogen-bond donors (Lipinski definition) is 0. The van der Waals surface area contributed by atoms with Gasteiger partial charge >= 0.3 is 0 Å². The molecule has 0 bridgehead atoms. The number of ketones is 2. The maximum atomic E-state index is 12.4. The Morgan fingerprint density at radius 1 is 1.11 bits per heavy atom. The summed E-state index contributed by atoms with van der Waals surface area (Å²) in [4.78, 5) is 24.8. The van der Waals surface area contributed by atoms with Gasteiger partial charge in [0.05, 0.1) is 11.7 Å². The van der Waals surface area contributed by atoms with Crippen molar-refractivity contribution in [3.63, 3.8) is 0 Å². The molecule has 90 valence electrons. The van der Waals surface area contributed by atoms with E-state index < -0.39 is 0 Å². The van der Waals surface area contributed by atoms with Gasteiger partial charge in [-0.05, 0) is 6.92 Å². The zero-order valence-corrected chi connectivity index (χ0v) is 10.0. The van der Waals surface area contributed by atoms with E-state index in [2.05, 4.69) is 0 Å². The molecule has 1 heterocycles. The lowest BCUT2D eigenvalue weighted by Crippen LogP contribution is -2.30. The summed E-state index contributed by atoms with van der Waals surface area (Å²) in [6.45, 7) is 2.01. The lowest BCUT2D eigenvalue weighted by atomic mass is 9.74. The van der Waals surface area contributed by atoms with E-state index in [9.17, 15) is 9.59 Å². The molecule has 0 unspecified atom stereocenters. The highest BCUT2D eigenvalue weighted by atomic mass is 16.6. The van der Waals surface area contributed by atoms with Crippen molar-refractivity contribution >= 4 is 11.6 Å². The van der Waals surface area contributed by atoms with E-state index in [4.69, 9.17) is 4.74 Å². The second kappa shape index (κ2) is 2.98. The number of benzene rings is 1. The molecule has 3 heteroatoms.